The van der Waals surface area contributed by atoms with Crippen LogP contribution >= 0.6 is 0 Å². The molecule has 3 nitrogen and oxygen atoms in total. The van der Waals surface area contributed by atoms with Gasteiger partial charge in [-0.25, -0.2) is 0 Å². The number of hydrogen-bond acceptors (Lipinski definition) is 2. The van der Waals surface area contributed by atoms with Crippen LogP contribution in [0.2, 0.25) is 0 Å². The molecule has 1 aliphatic heterocycles. The molecule has 1 aromatic carbocycles. The number of carbonyl (C=O) groups excluding carboxylic acids is 2. The van der Waals surface area contributed by atoms with Crippen LogP contribution in [-0.2, 0) is 9.59 Å². The Hall–Kier alpha value is -1.90. The van der Waals surface area contributed by atoms with Crippen LogP contribution < -0.4 is 4.90 Å². The summed E-state index contributed by atoms with van der Waals surface area (Å²) in [5.41, 5.74) is 5.76. The zero-order valence-corrected chi connectivity index (χ0v) is 14.2. The molecule has 2 aliphatic carbocycles. The second-order valence-electron chi connectivity index (χ2n) is 7.58. The van der Waals surface area contributed by atoms with Gasteiger partial charge in [-0.05, 0) is 75.6 Å². The molecule has 3 heteroatoms. The molecular formula is C20H23NO2. The van der Waals surface area contributed by atoms with Crippen LogP contribution in [0.15, 0.2) is 29.3 Å². The van der Waals surface area contributed by atoms with Crippen molar-refractivity contribution in [2.75, 3.05) is 4.90 Å². The second-order valence-corrected chi connectivity index (χ2v) is 7.58. The highest BCUT2D eigenvalue weighted by Gasteiger charge is 2.63. The van der Waals surface area contributed by atoms with Gasteiger partial charge in [0.15, 0.2) is 0 Å². The van der Waals surface area contributed by atoms with E-state index in [4.69, 9.17) is 0 Å². The molecule has 0 unspecified atom stereocenters. The van der Waals surface area contributed by atoms with Crippen molar-refractivity contribution in [1.29, 1.82) is 0 Å². The molecule has 23 heavy (non-hydrogen) atoms. The maximum absolute atomic E-state index is 13.0. The summed E-state index contributed by atoms with van der Waals surface area (Å²) in [5, 5.41) is 0. The molecule has 1 aromatic rings. The lowest BCUT2D eigenvalue weighted by molar-refractivity contribution is -0.123. The molecule has 4 rings (SSSR count). The van der Waals surface area contributed by atoms with Crippen molar-refractivity contribution in [3.05, 3.63) is 40.5 Å². The van der Waals surface area contributed by atoms with Crippen LogP contribution in [0.4, 0.5) is 5.69 Å². The third kappa shape index (κ3) is 1.82. The van der Waals surface area contributed by atoms with Gasteiger partial charge in [-0.1, -0.05) is 17.2 Å². The number of nitrogens with zero attached hydrogens (tertiary/aromatic N) is 1. The highest BCUT2D eigenvalue weighted by Crippen LogP contribution is 2.60. The number of hydrogen-bond donors (Lipinski definition) is 0. The third-order valence-electron chi connectivity index (χ3n) is 6.18. The molecular weight excluding hydrogens is 286 g/mol. The molecule has 3 aliphatic rings. The van der Waals surface area contributed by atoms with Crippen molar-refractivity contribution in [3.8, 4) is 0 Å². The van der Waals surface area contributed by atoms with Crippen LogP contribution in [0.1, 0.15) is 37.8 Å². The van der Waals surface area contributed by atoms with E-state index in [9.17, 15) is 9.59 Å². The zero-order valence-electron chi connectivity index (χ0n) is 14.2. The third-order valence-corrected chi connectivity index (χ3v) is 6.18. The topological polar surface area (TPSA) is 37.4 Å². The minimum Gasteiger partial charge on any atom is -0.274 e. The lowest BCUT2D eigenvalue weighted by Gasteiger charge is -2.20. The van der Waals surface area contributed by atoms with Crippen LogP contribution in [-0.4, -0.2) is 11.8 Å². The second kappa shape index (κ2) is 4.80. The Morgan fingerprint density at radius 1 is 0.957 bits per heavy atom. The molecule has 1 heterocycles. The highest BCUT2D eigenvalue weighted by atomic mass is 16.2. The number of allylic oxidation sites excluding steroid dienone is 2. The van der Waals surface area contributed by atoms with Gasteiger partial charge < -0.3 is 0 Å². The highest BCUT2D eigenvalue weighted by molar-refractivity contribution is 6.23. The van der Waals surface area contributed by atoms with Crippen molar-refractivity contribution in [2.24, 2.45) is 23.7 Å². The summed E-state index contributed by atoms with van der Waals surface area (Å²) in [7, 11) is 0. The van der Waals surface area contributed by atoms with E-state index in [1.165, 1.54) is 21.6 Å². The summed E-state index contributed by atoms with van der Waals surface area (Å²) >= 11 is 0. The van der Waals surface area contributed by atoms with E-state index in [2.05, 4.69) is 13.8 Å². The lowest BCUT2D eigenvalue weighted by Crippen LogP contribution is -2.33. The molecule has 1 saturated heterocycles. The van der Waals surface area contributed by atoms with Gasteiger partial charge in [0.1, 0.15) is 0 Å². The fraction of sp³-hybridized carbons (Fsp3) is 0.500. The number of anilines is 1. The van der Waals surface area contributed by atoms with Crippen molar-refractivity contribution < 1.29 is 9.59 Å². The minimum atomic E-state index is -0.118. The smallest absolute Gasteiger partial charge is 0.238 e. The van der Waals surface area contributed by atoms with E-state index < -0.39 is 0 Å². The van der Waals surface area contributed by atoms with Crippen molar-refractivity contribution in [1.82, 2.24) is 0 Å². The first-order valence-corrected chi connectivity index (χ1v) is 8.54. The van der Waals surface area contributed by atoms with Crippen LogP contribution in [0, 0.1) is 37.5 Å². The summed E-state index contributed by atoms with van der Waals surface area (Å²) in [5.74, 6) is 0.398. The molecule has 0 radical (unpaired) electrons. The predicted molar refractivity (Wildman–Crippen MR) is 90.0 cm³/mol. The van der Waals surface area contributed by atoms with Crippen molar-refractivity contribution in [3.63, 3.8) is 0 Å². The SMILES string of the molecule is CC(C)=C1[C@H]2CC[C@@H]1[C@@H]1C(=O)N(c3ccc(C)c(C)c3)C(=O)[C@H]12. The van der Waals surface area contributed by atoms with E-state index in [-0.39, 0.29) is 23.7 Å². The Bertz CT molecular complexity index is 725. The van der Waals surface area contributed by atoms with E-state index >= 15 is 0 Å². The molecule has 2 amide bonds. The number of amides is 2. The number of carbonyl (C=O) groups is 2. The first kappa shape index (κ1) is 14.7. The van der Waals surface area contributed by atoms with Gasteiger partial charge in [-0.2, -0.15) is 0 Å². The summed E-state index contributed by atoms with van der Waals surface area (Å²) in [6.07, 6.45) is 2.12. The molecule has 4 atom stereocenters. The van der Waals surface area contributed by atoms with Crippen LogP contribution in [0.25, 0.3) is 0 Å². The van der Waals surface area contributed by atoms with Gasteiger partial charge in [0.05, 0.1) is 17.5 Å². The molecule has 2 saturated carbocycles. The number of aryl methyl sites for hydroxylation is 2. The Labute approximate surface area is 137 Å². The Kier molecular flexibility index (Phi) is 3.06. The number of imide groups is 1. The first-order valence-electron chi connectivity index (χ1n) is 8.54. The maximum Gasteiger partial charge on any atom is 0.238 e. The average Bonchev–Trinajstić information content (AvgIpc) is 3.13. The van der Waals surface area contributed by atoms with E-state index in [0.29, 0.717) is 11.8 Å². The van der Waals surface area contributed by atoms with Gasteiger partial charge in [0, 0.05) is 0 Å². The van der Waals surface area contributed by atoms with Crippen molar-refractivity contribution in [2.45, 2.75) is 40.5 Å². The standard InChI is InChI=1S/C20H23NO2/c1-10(2)16-14-7-8-15(16)18-17(14)19(22)21(20(18)23)13-6-5-11(3)12(4)9-13/h5-6,9,14-15,17-18H,7-8H2,1-4H3/t14-,15+,17-,18-/m0/s1. The predicted octanol–water partition coefficient (Wildman–Crippen LogP) is 3.79. The normalized spacial score (nSPS) is 32.0. The Morgan fingerprint density at radius 3 is 2.00 bits per heavy atom. The Morgan fingerprint density at radius 2 is 1.52 bits per heavy atom. The lowest BCUT2D eigenvalue weighted by atomic mass is 9.81. The molecule has 3 fully saturated rings. The van der Waals surface area contributed by atoms with Gasteiger partial charge in [-0.15, -0.1) is 0 Å². The van der Waals surface area contributed by atoms with Crippen LogP contribution in [0.5, 0.6) is 0 Å². The summed E-state index contributed by atoms with van der Waals surface area (Å²) in [6, 6.07) is 5.87. The van der Waals surface area contributed by atoms with E-state index in [1.807, 2.05) is 32.0 Å². The first-order chi connectivity index (χ1) is 10.9. The quantitative estimate of drug-likeness (QED) is 0.585. The van der Waals surface area contributed by atoms with Gasteiger partial charge >= 0.3 is 0 Å². The van der Waals surface area contributed by atoms with Gasteiger partial charge in [0.25, 0.3) is 0 Å². The van der Waals surface area contributed by atoms with Crippen LogP contribution in [0.3, 0.4) is 0 Å². The molecule has 0 N–H and O–H groups in total. The molecule has 2 bridgehead atoms. The number of benzene rings is 1. The van der Waals surface area contributed by atoms with E-state index in [0.717, 1.165) is 24.1 Å². The fourth-order valence-electron chi connectivity index (χ4n) is 5.11. The summed E-state index contributed by atoms with van der Waals surface area (Å²) in [4.78, 5) is 27.5. The monoisotopic (exact) mass is 309 g/mol. The fourth-order valence-corrected chi connectivity index (χ4v) is 5.11. The summed E-state index contributed by atoms with van der Waals surface area (Å²) < 4.78 is 0. The minimum absolute atomic E-state index is 0.0224. The number of rotatable bonds is 1. The van der Waals surface area contributed by atoms with Gasteiger partial charge in [-0.3, -0.25) is 14.5 Å². The van der Waals surface area contributed by atoms with Gasteiger partial charge in [0.2, 0.25) is 11.8 Å². The largest absolute Gasteiger partial charge is 0.274 e. The molecule has 0 spiro atoms. The Balaban J connectivity index is 1.76. The summed E-state index contributed by atoms with van der Waals surface area (Å²) in [6.45, 7) is 8.31. The zero-order chi connectivity index (χ0) is 16.5. The van der Waals surface area contributed by atoms with E-state index in [1.54, 1.807) is 0 Å². The average molecular weight is 309 g/mol. The molecule has 120 valence electrons. The van der Waals surface area contributed by atoms with Crippen molar-refractivity contribution >= 4 is 17.5 Å². The molecule has 0 aromatic heterocycles. The number of fused-ring (bicyclic) bond motifs is 5. The maximum atomic E-state index is 13.0.